The van der Waals surface area contributed by atoms with Crippen LogP contribution in [-0.2, 0) is 35.3 Å². The van der Waals surface area contributed by atoms with Gasteiger partial charge in [-0.05, 0) is 54.2 Å². The number of ether oxygens (including phenoxy) is 1. The van der Waals surface area contributed by atoms with Crippen molar-refractivity contribution in [3.05, 3.63) is 55.2 Å². The van der Waals surface area contributed by atoms with Gasteiger partial charge in [0.05, 0.1) is 12.0 Å². The Balaban J connectivity index is 0.00000225. The molecule has 1 aliphatic heterocycles. The summed E-state index contributed by atoms with van der Waals surface area (Å²) >= 11 is 5.02. The van der Waals surface area contributed by atoms with E-state index >= 15 is 0 Å². The van der Waals surface area contributed by atoms with Gasteiger partial charge in [-0.25, -0.2) is 4.79 Å². The number of hydrogen-bond acceptors (Lipinski definition) is 5. The van der Waals surface area contributed by atoms with Gasteiger partial charge in [0.1, 0.15) is 5.54 Å². The van der Waals surface area contributed by atoms with E-state index in [-0.39, 0.29) is 24.3 Å². The highest BCUT2D eigenvalue weighted by Gasteiger charge is 2.44. The second-order valence-electron chi connectivity index (χ2n) is 7.10. The number of fused-ring (bicyclic) bond motifs is 2. The third-order valence-electron chi connectivity index (χ3n) is 5.38. The molecule has 2 aromatic rings. The maximum Gasteiger partial charge on any atom is 0.331 e. The molecule has 0 saturated heterocycles. The predicted molar refractivity (Wildman–Crippen MR) is 115 cm³/mol. The van der Waals surface area contributed by atoms with Crippen molar-refractivity contribution in [2.24, 2.45) is 0 Å². The monoisotopic (exact) mass is 484 g/mol. The number of nitrogens with one attached hydrogen (secondary N) is 2. The van der Waals surface area contributed by atoms with E-state index in [1.54, 1.807) is 0 Å². The molecule has 1 aromatic carbocycles. The van der Waals surface area contributed by atoms with Crippen molar-refractivity contribution >= 4 is 51.6 Å². The Bertz CT molecular complexity index is 893. The molecule has 1 amide bonds. The van der Waals surface area contributed by atoms with Crippen molar-refractivity contribution in [3.63, 3.8) is 0 Å². The zero-order valence-corrected chi connectivity index (χ0v) is 18.7. The SMILES string of the molecule is COC(=O)C1(NC(=O)c2cc3c(s2)CCNC3)CCc2cc(Br)ccc2C1.Cl. The van der Waals surface area contributed by atoms with Gasteiger partial charge in [0.25, 0.3) is 5.91 Å². The molecule has 1 aliphatic carbocycles. The van der Waals surface area contributed by atoms with E-state index in [0.29, 0.717) is 17.7 Å². The molecular weight excluding hydrogens is 464 g/mol. The summed E-state index contributed by atoms with van der Waals surface area (Å²) in [4.78, 5) is 27.6. The van der Waals surface area contributed by atoms with Crippen molar-refractivity contribution in [2.45, 2.75) is 37.8 Å². The van der Waals surface area contributed by atoms with Gasteiger partial charge < -0.3 is 15.4 Å². The first-order chi connectivity index (χ1) is 13.0. The number of rotatable bonds is 3. The predicted octanol–water partition coefficient (Wildman–Crippen LogP) is 3.41. The average Bonchev–Trinajstić information content (AvgIpc) is 3.12. The maximum atomic E-state index is 13.0. The number of aryl methyl sites for hydroxylation is 1. The van der Waals surface area contributed by atoms with Gasteiger partial charge in [-0.3, -0.25) is 4.79 Å². The van der Waals surface area contributed by atoms with Crippen LogP contribution in [0.3, 0.4) is 0 Å². The minimum Gasteiger partial charge on any atom is -0.467 e. The number of esters is 1. The fourth-order valence-corrected chi connectivity index (χ4v) is 5.42. The van der Waals surface area contributed by atoms with Crippen molar-refractivity contribution in [1.82, 2.24) is 10.6 Å². The van der Waals surface area contributed by atoms with Crippen LogP contribution in [0.25, 0.3) is 0 Å². The fraction of sp³-hybridized carbons (Fsp3) is 0.400. The molecule has 150 valence electrons. The minimum atomic E-state index is -1.02. The zero-order chi connectivity index (χ0) is 19.0. The molecule has 1 atom stereocenters. The first kappa shape index (κ1) is 21.3. The largest absolute Gasteiger partial charge is 0.467 e. The number of halogens is 2. The standard InChI is InChI=1S/C20H21BrN2O3S.ClH/c1-26-19(25)20(6-4-12-8-15(21)3-2-13(12)10-20)23-18(24)17-9-14-11-22-7-5-16(14)27-17;/h2-3,8-9,22H,4-7,10-11H2,1H3,(H,23,24);1H. The second-order valence-corrected chi connectivity index (χ2v) is 9.16. The summed E-state index contributed by atoms with van der Waals surface area (Å²) in [7, 11) is 1.38. The summed E-state index contributed by atoms with van der Waals surface area (Å²) in [6, 6.07) is 8.01. The van der Waals surface area contributed by atoms with Crippen LogP contribution in [0.1, 0.15) is 37.7 Å². The Morgan fingerprint density at radius 2 is 2.04 bits per heavy atom. The maximum absolute atomic E-state index is 13.0. The van der Waals surface area contributed by atoms with E-state index in [1.165, 1.54) is 34.5 Å². The number of methoxy groups -OCH3 is 1. The number of carbonyl (C=O) groups excluding carboxylic acids is 2. The summed E-state index contributed by atoms with van der Waals surface area (Å²) < 4.78 is 6.10. The molecule has 28 heavy (non-hydrogen) atoms. The Morgan fingerprint density at radius 1 is 1.21 bits per heavy atom. The fourth-order valence-electron chi connectivity index (χ4n) is 3.93. The van der Waals surface area contributed by atoms with Crippen LogP contribution in [0.15, 0.2) is 28.7 Å². The first-order valence-corrected chi connectivity index (χ1v) is 10.6. The molecule has 0 spiro atoms. The summed E-state index contributed by atoms with van der Waals surface area (Å²) in [5.74, 6) is -0.576. The summed E-state index contributed by atoms with van der Waals surface area (Å²) in [6.45, 7) is 1.73. The van der Waals surface area contributed by atoms with Crippen LogP contribution in [0, 0.1) is 0 Å². The topological polar surface area (TPSA) is 67.4 Å². The number of carbonyl (C=O) groups is 2. The van der Waals surface area contributed by atoms with Gasteiger partial charge >= 0.3 is 5.97 Å². The normalized spacial score (nSPS) is 20.4. The number of amides is 1. The summed E-state index contributed by atoms with van der Waals surface area (Å²) in [6.07, 6.45) is 2.63. The molecule has 0 bridgehead atoms. The zero-order valence-electron chi connectivity index (χ0n) is 15.5. The lowest BCUT2D eigenvalue weighted by atomic mass is 9.77. The lowest BCUT2D eigenvalue weighted by Gasteiger charge is -2.36. The highest BCUT2D eigenvalue weighted by atomic mass is 79.9. The summed E-state index contributed by atoms with van der Waals surface area (Å²) in [5, 5.41) is 6.35. The quantitative estimate of drug-likeness (QED) is 0.654. The molecule has 0 fully saturated rings. The molecule has 0 saturated carbocycles. The van der Waals surface area contributed by atoms with Gasteiger partial charge in [-0.15, -0.1) is 23.7 Å². The van der Waals surface area contributed by atoms with E-state index in [1.807, 2.05) is 18.2 Å². The highest BCUT2D eigenvalue weighted by Crippen LogP contribution is 2.33. The Kier molecular flexibility index (Phi) is 6.49. The van der Waals surface area contributed by atoms with Crippen LogP contribution in [0.4, 0.5) is 0 Å². The Labute approximate surface area is 182 Å². The number of hydrogen-bond donors (Lipinski definition) is 2. The lowest BCUT2D eigenvalue weighted by Crippen LogP contribution is -2.58. The minimum absolute atomic E-state index is 0. The van der Waals surface area contributed by atoms with E-state index in [4.69, 9.17) is 4.74 Å². The molecule has 5 nitrogen and oxygen atoms in total. The Hall–Kier alpha value is -1.41. The molecule has 8 heteroatoms. The van der Waals surface area contributed by atoms with Crippen LogP contribution in [0.2, 0.25) is 0 Å². The molecule has 1 unspecified atom stereocenters. The van der Waals surface area contributed by atoms with Gasteiger partial charge in [0.2, 0.25) is 0 Å². The van der Waals surface area contributed by atoms with Crippen LogP contribution < -0.4 is 10.6 Å². The van der Waals surface area contributed by atoms with E-state index < -0.39 is 5.54 Å². The molecular formula is C20H22BrClN2O3S. The van der Waals surface area contributed by atoms with Crippen molar-refractivity contribution < 1.29 is 14.3 Å². The van der Waals surface area contributed by atoms with Crippen molar-refractivity contribution in [1.29, 1.82) is 0 Å². The second kappa shape index (κ2) is 8.53. The molecule has 1 aromatic heterocycles. The van der Waals surface area contributed by atoms with E-state index in [2.05, 4.69) is 32.6 Å². The highest BCUT2D eigenvalue weighted by molar-refractivity contribution is 9.10. The lowest BCUT2D eigenvalue weighted by molar-refractivity contribution is -0.148. The molecule has 4 rings (SSSR count). The number of thiophene rings is 1. The smallest absolute Gasteiger partial charge is 0.331 e. The third-order valence-corrected chi connectivity index (χ3v) is 7.10. The number of benzene rings is 1. The first-order valence-electron chi connectivity index (χ1n) is 9.01. The van der Waals surface area contributed by atoms with E-state index in [0.717, 1.165) is 36.0 Å². The summed E-state index contributed by atoms with van der Waals surface area (Å²) in [5.41, 5.74) is 2.44. The molecule has 0 radical (unpaired) electrons. The third kappa shape index (κ3) is 3.99. The van der Waals surface area contributed by atoms with Gasteiger partial charge in [0.15, 0.2) is 0 Å². The van der Waals surface area contributed by atoms with Gasteiger partial charge in [-0.1, -0.05) is 22.0 Å². The van der Waals surface area contributed by atoms with Crippen LogP contribution in [0.5, 0.6) is 0 Å². The van der Waals surface area contributed by atoms with Crippen molar-refractivity contribution in [2.75, 3.05) is 13.7 Å². The van der Waals surface area contributed by atoms with Gasteiger partial charge in [-0.2, -0.15) is 0 Å². The molecule has 2 aliphatic rings. The molecule has 2 heterocycles. The Morgan fingerprint density at radius 3 is 2.79 bits per heavy atom. The van der Waals surface area contributed by atoms with E-state index in [9.17, 15) is 9.59 Å². The van der Waals surface area contributed by atoms with Crippen LogP contribution >= 0.6 is 39.7 Å². The van der Waals surface area contributed by atoms with Gasteiger partial charge in [0, 0.05) is 28.9 Å². The molecule has 2 N–H and O–H groups in total. The van der Waals surface area contributed by atoms with Crippen LogP contribution in [-0.4, -0.2) is 31.1 Å². The average molecular weight is 486 g/mol. The van der Waals surface area contributed by atoms with Crippen molar-refractivity contribution in [3.8, 4) is 0 Å².